The third-order valence-corrected chi connectivity index (χ3v) is 5.05. The summed E-state index contributed by atoms with van der Waals surface area (Å²) in [4.78, 5) is 2.51. The SMILES string of the molecule is OCCn1ccc(C2CCCN(Cc3cccc(-c4ccco4)c3)C2)n1. The van der Waals surface area contributed by atoms with Crippen molar-refractivity contribution in [2.75, 3.05) is 19.7 Å². The lowest BCUT2D eigenvalue weighted by Crippen LogP contribution is -2.34. The van der Waals surface area contributed by atoms with Gasteiger partial charge in [-0.15, -0.1) is 0 Å². The minimum Gasteiger partial charge on any atom is -0.464 e. The Morgan fingerprint density at radius 2 is 2.15 bits per heavy atom. The van der Waals surface area contributed by atoms with Gasteiger partial charge in [0.05, 0.1) is 25.1 Å². The first kappa shape index (κ1) is 17.1. The van der Waals surface area contributed by atoms with Crippen molar-refractivity contribution in [3.63, 3.8) is 0 Å². The molecule has 0 amide bonds. The summed E-state index contributed by atoms with van der Waals surface area (Å²) in [6, 6.07) is 14.6. The van der Waals surface area contributed by atoms with Gasteiger partial charge < -0.3 is 9.52 Å². The molecule has 1 fully saturated rings. The zero-order valence-corrected chi connectivity index (χ0v) is 14.9. The predicted octanol–water partition coefficient (Wildman–Crippen LogP) is 3.52. The van der Waals surface area contributed by atoms with Gasteiger partial charge in [-0.05, 0) is 49.2 Å². The normalized spacial score (nSPS) is 18.3. The molecule has 0 saturated carbocycles. The molecule has 1 unspecified atom stereocenters. The van der Waals surface area contributed by atoms with Crippen LogP contribution >= 0.6 is 0 Å². The van der Waals surface area contributed by atoms with Crippen LogP contribution in [0.15, 0.2) is 59.3 Å². The summed E-state index contributed by atoms with van der Waals surface area (Å²) in [6.45, 7) is 3.79. The molecule has 136 valence electrons. The molecule has 1 aliphatic heterocycles. The van der Waals surface area contributed by atoms with Crippen LogP contribution in [0.1, 0.15) is 30.0 Å². The van der Waals surface area contributed by atoms with Crippen molar-refractivity contribution in [2.45, 2.75) is 31.8 Å². The van der Waals surface area contributed by atoms with Crippen LogP contribution in [-0.4, -0.2) is 39.5 Å². The molecule has 1 aromatic carbocycles. The van der Waals surface area contributed by atoms with E-state index in [1.807, 2.05) is 23.0 Å². The number of hydrogen-bond acceptors (Lipinski definition) is 4. The average Bonchev–Trinajstić information content (AvgIpc) is 3.35. The monoisotopic (exact) mass is 351 g/mol. The van der Waals surface area contributed by atoms with Gasteiger partial charge in [-0.2, -0.15) is 5.10 Å². The molecule has 0 bridgehead atoms. The largest absolute Gasteiger partial charge is 0.464 e. The Kier molecular flexibility index (Phi) is 5.18. The molecule has 1 N–H and O–H groups in total. The van der Waals surface area contributed by atoms with Gasteiger partial charge in [0.15, 0.2) is 0 Å². The van der Waals surface area contributed by atoms with Crippen molar-refractivity contribution >= 4 is 0 Å². The second-order valence-corrected chi connectivity index (χ2v) is 6.98. The van der Waals surface area contributed by atoms with E-state index in [2.05, 4.69) is 40.3 Å². The fourth-order valence-corrected chi connectivity index (χ4v) is 3.79. The summed E-state index contributed by atoms with van der Waals surface area (Å²) >= 11 is 0. The van der Waals surface area contributed by atoms with E-state index in [0.717, 1.165) is 36.7 Å². The molecule has 4 rings (SSSR count). The van der Waals surface area contributed by atoms with E-state index in [1.54, 1.807) is 6.26 Å². The summed E-state index contributed by atoms with van der Waals surface area (Å²) in [5.41, 5.74) is 3.58. The number of furan rings is 1. The van der Waals surface area contributed by atoms with Crippen LogP contribution in [0.4, 0.5) is 0 Å². The Morgan fingerprint density at radius 3 is 3.00 bits per heavy atom. The molecular weight excluding hydrogens is 326 g/mol. The van der Waals surface area contributed by atoms with E-state index in [9.17, 15) is 0 Å². The highest BCUT2D eigenvalue weighted by Gasteiger charge is 2.23. The second kappa shape index (κ2) is 7.89. The maximum Gasteiger partial charge on any atom is 0.133 e. The van der Waals surface area contributed by atoms with E-state index >= 15 is 0 Å². The molecule has 0 radical (unpaired) electrons. The maximum atomic E-state index is 9.06. The van der Waals surface area contributed by atoms with E-state index < -0.39 is 0 Å². The Hall–Kier alpha value is -2.37. The number of aliphatic hydroxyl groups excluding tert-OH is 1. The Balaban J connectivity index is 1.42. The first-order chi connectivity index (χ1) is 12.8. The van der Waals surface area contributed by atoms with Gasteiger partial charge in [0.1, 0.15) is 5.76 Å². The summed E-state index contributed by atoms with van der Waals surface area (Å²) in [6.07, 6.45) is 6.05. The molecule has 0 aliphatic carbocycles. The first-order valence-electron chi connectivity index (χ1n) is 9.31. The molecule has 1 atom stereocenters. The first-order valence-corrected chi connectivity index (χ1v) is 9.31. The summed E-state index contributed by atoms with van der Waals surface area (Å²) in [5.74, 6) is 1.38. The smallest absolute Gasteiger partial charge is 0.133 e. The summed E-state index contributed by atoms with van der Waals surface area (Å²) < 4.78 is 7.35. The number of likely N-dealkylation sites (tertiary alicyclic amines) is 1. The molecule has 0 spiro atoms. The molecule has 3 heterocycles. The zero-order chi connectivity index (χ0) is 17.8. The second-order valence-electron chi connectivity index (χ2n) is 6.98. The van der Waals surface area contributed by atoms with Crippen molar-refractivity contribution in [1.29, 1.82) is 0 Å². The minimum absolute atomic E-state index is 0.129. The fraction of sp³-hybridized carbons (Fsp3) is 0.381. The molecule has 26 heavy (non-hydrogen) atoms. The molecule has 3 aromatic rings. The van der Waals surface area contributed by atoms with Gasteiger partial charge in [-0.3, -0.25) is 9.58 Å². The van der Waals surface area contributed by atoms with E-state index in [-0.39, 0.29) is 6.61 Å². The van der Waals surface area contributed by atoms with Crippen molar-refractivity contribution < 1.29 is 9.52 Å². The van der Waals surface area contributed by atoms with Crippen LogP contribution in [0.25, 0.3) is 11.3 Å². The van der Waals surface area contributed by atoms with Gasteiger partial charge in [0, 0.05) is 30.8 Å². The third kappa shape index (κ3) is 3.89. The predicted molar refractivity (Wildman–Crippen MR) is 101 cm³/mol. The van der Waals surface area contributed by atoms with Crippen LogP contribution in [-0.2, 0) is 13.1 Å². The summed E-state index contributed by atoms with van der Waals surface area (Å²) in [5, 5.41) is 13.7. The third-order valence-electron chi connectivity index (χ3n) is 5.05. The molecular formula is C21H25N3O2. The van der Waals surface area contributed by atoms with Crippen LogP contribution in [0, 0.1) is 0 Å². The highest BCUT2D eigenvalue weighted by Crippen LogP contribution is 2.27. The topological polar surface area (TPSA) is 54.4 Å². The van der Waals surface area contributed by atoms with Crippen LogP contribution in [0.3, 0.4) is 0 Å². The number of nitrogens with zero attached hydrogens (tertiary/aromatic N) is 3. The average molecular weight is 351 g/mol. The number of benzene rings is 1. The lowest BCUT2D eigenvalue weighted by atomic mass is 9.94. The van der Waals surface area contributed by atoms with Gasteiger partial charge in [-0.1, -0.05) is 18.2 Å². The van der Waals surface area contributed by atoms with Crippen molar-refractivity contribution in [2.24, 2.45) is 0 Å². The fourth-order valence-electron chi connectivity index (χ4n) is 3.79. The molecule has 1 aliphatic rings. The number of aromatic nitrogens is 2. The molecule has 2 aromatic heterocycles. The highest BCUT2D eigenvalue weighted by molar-refractivity contribution is 5.58. The van der Waals surface area contributed by atoms with Gasteiger partial charge in [0.2, 0.25) is 0 Å². The van der Waals surface area contributed by atoms with Crippen molar-refractivity contribution in [1.82, 2.24) is 14.7 Å². The number of piperidine rings is 1. The number of hydrogen-bond donors (Lipinski definition) is 1. The number of rotatable bonds is 6. The Labute approximate surface area is 153 Å². The molecule has 5 heteroatoms. The standard InChI is InChI=1S/C21H25N3O2/c25-12-11-24-10-8-20(22-24)19-6-2-9-23(16-19)15-17-4-1-5-18(14-17)21-7-3-13-26-21/h1,3-5,7-8,10,13-14,19,25H,2,6,9,11-12,15-16H2. The quantitative estimate of drug-likeness (QED) is 0.738. The summed E-state index contributed by atoms with van der Waals surface area (Å²) in [7, 11) is 0. The maximum absolute atomic E-state index is 9.06. The Bertz CT molecular complexity index is 825. The van der Waals surface area contributed by atoms with Crippen LogP contribution < -0.4 is 0 Å². The van der Waals surface area contributed by atoms with Crippen LogP contribution in [0.5, 0.6) is 0 Å². The van der Waals surface area contributed by atoms with Gasteiger partial charge in [0.25, 0.3) is 0 Å². The van der Waals surface area contributed by atoms with E-state index in [4.69, 9.17) is 9.52 Å². The van der Waals surface area contributed by atoms with Crippen molar-refractivity contribution in [3.05, 3.63) is 66.2 Å². The Morgan fingerprint density at radius 1 is 1.19 bits per heavy atom. The zero-order valence-electron chi connectivity index (χ0n) is 14.9. The number of aliphatic hydroxyl groups is 1. The van der Waals surface area contributed by atoms with Crippen LogP contribution in [0.2, 0.25) is 0 Å². The van der Waals surface area contributed by atoms with E-state index in [0.29, 0.717) is 12.5 Å². The minimum atomic E-state index is 0.129. The molecule has 1 saturated heterocycles. The van der Waals surface area contributed by atoms with Gasteiger partial charge in [-0.25, -0.2) is 0 Å². The molecule has 5 nitrogen and oxygen atoms in total. The van der Waals surface area contributed by atoms with E-state index in [1.165, 1.54) is 18.4 Å². The highest BCUT2D eigenvalue weighted by atomic mass is 16.3. The lowest BCUT2D eigenvalue weighted by Gasteiger charge is -2.32. The van der Waals surface area contributed by atoms with Gasteiger partial charge >= 0.3 is 0 Å². The lowest BCUT2D eigenvalue weighted by molar-refractivity contribution is 0.197. The van der Waals surface area contributed by atoms with Crippen molar-refractivity contribution in [3.8, 4) is 11.3 Å².